The van der Waals surface area contributed by atoms with Gasteiger partial charge < -0.3 is 11.1 Å². The summed E-state index contributed by atoms with van der Waals surface area (Å²) in [7, 11) is 0. The molecule has 1 aromatic rings. The monoisotopic (exact) mass is 259 g/mol. The fraction of sp³-hybridized carbons (Fsp3) is 0.357. The van der Waals surface area contributed by atoms with E-state index in [1.807, 2.05) is 13.0 Å². The Bertz CT molecular complexity index is 535. The number of hydrogen-bond donors (Lipinski definition) is 2. The summed E-state index contributed by atoms with van der Waals surface area (Å²) in [6, 6.07) is 8.88. The van der Waals surface area contributed by atoms with Crippen LogP contribution in [-0.4, -0.2) is 23.2 Å². The molecule has 0 aromatic heterocycles. The molecule has 2 atom stereocenters. The van der Waals surface area contributed by atoms with Crippen molar-refractivity contribution in [3.8, 4) is 0 Å². The van der Waals surface area contributed by atoms with Gasteiger partial charge in [-0.25, -0.2) is 0 Å². The van der Waals surface area contributed by atoms with Gasteiger partial charge in [0.15, 0.2) is 0 Å². The van der Waals surface area contributed by atoms with E-state index >= 15 is 0 Å². The highest BCUT2D eigenvalue weighted by Gasteiger charge is 2.37. The lowest BCUT2D eigenvalue weighted by atomic mass is 9.92. The normalized spacial score (nSPS) is 22.5. The molecule has 5 heteroatoms. The minimum absolute atomic E-state index is 0.247. The van der Waals surface area contributed by atoms with Gasteiger partial charge in [0, 0.05) is 0 Å². The number of nitrogens with two attached hydrogens (primary N) is 1. The molecule has 5 nitrogen and oxygen atoms in total. The molecule has 3 N–H and O–H groups in total. The van der Waals surface area contributed by atoms with Crippen molar-refractivity contribution in [2.75, 3.05) is 0 Å². The van der Waals surface area contributed by atoms with Gasteiger partial charge in [-0.1, -0.05) is 37.3 Å². The van der Waals surface area contributed by atoms with Crippen LogP contribution in [0.4, 0.5) is 0 Å². The summed E-state index contributed by atoms with van der Waals surface area (Å²) >= 11 is 0. The maximum absolute atomic E-state index is 12.1. The third-order valence-corrected chi connectivity index (χ3v) is 3.38. The minimum Gasteiger partial charge on any atom is -0.319 e. The van der Waals surface area contributed by atoms with Crippen LogP contribution in [-0.2, 0) is 9.59 Å². The molecule has 0 radical (unpaired) electrons. The van der Waals surface area contributed by atoms with E-state index in [9.17, 15) is 9.59 Å². The number of carbonyl (C=O) groups is 2. The number of amides is 2. The Kier molecular flexibility index (Phi) is 3.48. The minimum atomic E-state index is -0.877. The Morgan fingerprint density at radius 3 is 2.47 bits per heavy atom. The average molecular weight is 259 g/mol. The maximum Gasteiger partial charge on any atom is 0.264 e. The first-order valence-corrected chi connectivity index (χ1v) is 6.23. The van der Waals surface area contributed by atoms with Gasteiger partial charge in [-0.15, -0.1) is 0 Å². The van der Waals surface area contributed by atoms with Crippen LogP contribution >= 0.6 is 0 Å². The molecule has 0 saturated heterocycles. The highest BCUT2D eigenvalue weighted by atomic mass is 16.2. The van der Waals surface area contributed by atoms with Crippen LogP contribution in [0.5, 0.6) is 0 Å². The number of hydrogen-bond acceptors (Lipinski definition) is 3. The van der Waals surface area contributed by atoms with Crippen molar-refractivity contribution in [2.45, 2.75) is 31.7 Å². The van der Waals surface area contributed by atoms with E-state index in [0.717, 1.165) is 0 Å². The molecule has 0 fully saturated rings. The molecule has 2 rings (SSSR count). The van der Waals surface area contributed by atoms with Gasteiger partial charge in [0.05, 0.1) is 5.54 Å². The van der Waals surface area contributed by atoms with E-state index in [4.69, 9.17) is 5.73 Å². The lowest BCUT2D eigenvalue weighted by Crippen LogP contribution is -2.56. The molecule has 0 spiro atoms. The van der Waals surface area contributed by atoms with Crippen molar-refractivity contribution in [2.24, 2.45) is 10.7 Å². The third kappa shape index (κ3) is 2.56. The van der Waals surface area contributed by atoms with Gasteiger partial charge in [0.2, 0.25) is 5.91 Å². The van der Waals surface area contributed by atoms with E-state index in [0.29, 0.717) is 12.0 Å². The number of nitrogens with zero attached hydrogens (tertiary/aromatic N) is 1. The van der Waals surface area contributed by atoms with Gasteiger partial charge in [-0.05, 0) is 18.9 Å². The van der Waals surface area contributed by atoms with Gasteiger partial charge >= 0.3 is 0 Å². The van der Waals surface area contributed by atoms with Crippen molar-refractivity contribution < 1.29 is 9.59 Å². The van der Waals surface area contributed by atoms with Gasteiger partial charge in [0.1, 0.15) is 11.8 Å². The zero-order chi connectivity index (χ0) is 14.0. The van der Waals surface area contributed by atoms with Crippen LogP contribution in [0.2, 0.25) is 0 Å². The highest BCUT2D eigenvalue weighted by molar-refractivity contribution is 6.20. The first-order chi connectivity index (χ1) is 8.95. The molecule has 1 aromatic carbocycles. The SMILES string of the molecule is CCC(C)(N)C1=NC(=O)C(c2ccccc2)C(=O)N1. The number of benzene rings is 1. The van der Waals surface area contributed by atoms with E-state index in [1.165, 1.54) is 0 Å². The summed E-state index contributed by atoms with van der Waals surface area (Å²) in [5.74, 6) is -1.46. The van der Waals surface area contributed by atoms with Crippen LogP contribution in [0, 0.1) is 0 Å². The van der Waals surface area contributed by atoms with Crippen molar-refractivity contribution >= 4 is 17.6 Å². The van der Waals surface area contributed by atoms with Crippen molar-refractivity contribution in [3.05, 3.63) is 35.9 Å². The number of aliphatic imine (C=N–C) groups is 1. The maximum atomic E-state index is 12.1. The highest BCUT2D eigenvalue weighted by Crippen LogP contribution is 2.22. The fourth-order valence-corrected chi connectivity index (χ4v) is 1.88. The lowest BCUT2D eigenvalue weighted by Gasteiger charge is -2.29. The van der Waals surface area contributed by atoms with E-state index in [2.05, 4.69) is 10.3 Å². The van der Waals surface area contributed by atoms with E-state index in [1.54, 1.807) is 31.2 Å². The largest absolute Gasteiger partial charge is 0.319 e. The van der Waals surface area contributed by atoms with Crippen molar-refractivity contribution in [1.29, 1.82) is 0 Å². The quantitative estimate of drug-likeness (QED) is 0.793. The van der Waals surface area contributed by atoms with Gasteiger partial charge in [-0.3, -0.25) is 9.59 Å². The number of amidine groups is 1. The second-order valence-corrected chi connectivity index (χ2v) is 4.90. The smallest absolute Gasteiger partial charge is 0.264 e. The lowest BCUT2D eigenvalue weighted by molar-refractivity contribution is -0.130. The van der Waals surface area contributed by atoms with Crippen LogP contribution in [0.1, 0.15) is 31.7 Å². The van der Waals surface area contributed by atoms with Crippen LogP contribution < -0.4 is 11.1 Å². The zero-order valence-electron chi connectivity index (χ0n) is 11.0. The Morgan fingerprint density at radius 1 is 1.32 bits per heavy atom. The average Bonchev–Trinajstić information content (AvgIpc) is 2.39. The molecule has 1 heterocycles. The number of rotatable bonds is 3. The van der Waals surface area contributed by atoms with Crippen LogP contribution in [0.3, 0.4) is 0 Å². The summed E-state index contributed by atoms with van der Waals surface area (Å²) in [6.45, 7) is 3.62. The molecule has 2 amide bonds. The Morgan fingerprint density at radius 2 is 1.95 bits per heavy atom. The summed E-state index contributed by atoms with van der Waals surface area (Å²) < 4.78 is 0. The molecule has 2 unspecified atom stereocenters. The van der Waals surface area contributed by atoms with E-state index < -0.39 is 17.4 Å². The summed E-state index contributed by atoms with van der Waals surface area (Å²) in [6.07, 6.45) is 0.579. The predicted molar refractivity (Wildman–Crippen MR) is 72.7 cm³/mol. The van der Waals surface area contributed by atoms with Gasteiger partial charge in [0.25, 0.3) is 5.91 Å². The first-order valence-electron chi connectivity index (χ1n) is 6.23. The Balaban J connectivity index is 2.34. The topological polar surface area (TPSA) is 84.5 Å². The van der Waals surface area contributed by atoms with Crippen LogP contribution in [0.25, 0.3) is 0 Å². The molecule has 0 bridgehead atoms. The summed E-state index contributed by atoms with van der Waals surface area (Å²) in [5.41, 5.74) is 5.84. The first kappa shape index (κ1) is 13.4. The van der Waals surface area contributed by atoms with Crippen molar-refractivity contribution in [1.82, 2.24) is 5.32 Å². The standard InChI is InChI=1S/C14H17N3O2/c1-3-14(2,15)13-16-11(18)10(12(19)17-13)9-7-5-4-6-8-9/h4-8,10H,3,15H2,1-2H3,(H,16,17,18,19). The predicted octanol–water partition coefficient (Wildman–Crippen LogP) is 0.953. The fourth-order valence-electron chi connectivity index (χ4n) is 1.88. The molecule has 19 heavy (non-hydrogen) atoms. The third-order valence-electron chi connectivity index (χ3n) is 3.38. The number of nitrogens with one attached hydrogen (secondary N) is 1. The van der Waals surface area contributed by atoms with Crippen molar-refractivity contribution in [3.63, 3.8) is 0 Å². The van der Waals surface area contributed by atoms with Crippen LogP contribution in [0.15, 0.2) is 35.3 Å². The van der Waals surface area contributed by atoms with Gasteiger partial charge in [-0.2, -0.15) is 4.99 Å². The molecule has 0 aliphatic carbocycles. The molecular weight excluding hydrogens is 242 g/mol. The van der Waals surface area contributed by atoms with E-state index in [-0.39, 0.29) is 11.7 Å². The second-order valence-electron chi connectivity index (χ2n) is 4.90. The second kappa shape index (κ2) is 4.93. The zero-order valence-corrected chi connectivity index (χ0v) is 11.0. The molecule has 100 valence electrons. The number of carbonyl (C=O) groups excluding carboxylic acids is 2. The summed E-state index contributed by atoms with van der Waals surface area (Å²) in [5, 5.41) is 2.65. The summed E-state index contributed by atoms with van der Waals surface area (Å²) in [4.78, 5) is 28.1. The molecule has 1 aliphatic heterocycles. The Hall–Kier alpha value is -2.01. The molecule has 0 saturated carbocycles. The molecular formula is C14H17N3O2. The Labute approximate surface area is 111 Å². The molecule has 1 aliphatic rings.